The number of aryl methyl sites for hydroxylation is 1. The molecule has 108 valence electrons. The maximum absolute atomic E-state index is 5.93. The van der Waals surface area contributed by atoms with E-state index in [4.69, 9.17) is 5.73 Å². The molecule has 0 amide bonds. The van der Waals surface area contributed by atoms with Crippen molar-refractivity contribution in [1.82, 2.24) is 24.7 Å². The van der Waals surface area contributed by atoms with Crippen LogP contribution in [0, 0.1) is 6.92 Å². The van der Waals surface area contributed by atoms with Crippen LogP contribution in [0.25, 0.3) is 0 Å². The van der Waals surface area contributed by atoms with Crippen LogP contribution in [-0.4, -0.2) is 31.3 Å². The van der Waals surface area contributed by atoms with Gasteiger partial charge in [-0.25, -0.2) is 9.97 Å². The van der Waals surface area contributed by atoms with E-state index in [1.807, 2.05) is 32.4 Å². The third-order valence-electron chi connectivity index (χ3n) is 3.16. The van der Waals surface area contributed by atoms with E-state index in [0.29, 0.717) is 5.82 Å². The second-order valence-corrected chi connectivity index (χ2v) is 5.13. The fourth-order valence-electron chi connectivity index (χ4n) is 1.81. The Morgan fingerprint density at radius 1 is 1.35 bits per heavy atom. The highest BCUT2D eigenvalue weighted by molar-refractivity contribution is 5.54. The minimum Gasteiger partial charge on any atom is -0.383 e. The van der Waals surface area contributed by atoms with Gasteiger partial charge in [0.1, 0.15) is 29.6 Å². The van der Waals surface area contributed by atoms with Gasteiger partial charge in [-0.1, -0.05) is 13.8 Å². The van der Waals surface area contributed by atoms with E-state index in [1.165, 1.54) is 0 Å². The zero-order valence-corrected chi connectivity index (χ0v) is 12.4. The summed E-state index contributed by atoms with van der Waals surface area (Å²) in [7, 11) is 1.93. The van der Waals surface area contributed by atoms with Crippen molar-refractivity contribution in [2.45, 2.75) is 33.1 Å². The summed E-state index contributed by atoms with van der Waals surface area (Å²) < 4.78 is 1.91. The molecule has 3 N–H and O–H groups in total. The lowest BCUT2D eigenvalue weighted by atomic mass is 10.2. The van der Waals surface area contributed by atoms with Crippen molar-refractivity contribution in [3.63, 3.8) is 0 Å². The van der Waals surface area contributed by atoms with Gasteiger partial charge in [-0.2, -0.15) is 0 Å². The zero-order valence-electron chi connectivity index (χ0n) is 12.4. The average Bonchev–Trinajstić information content (AvgIpc) is 2.80. The Morgan fingerprint density at radius 3 is 2.70 bits per heavy atom. The van der Waals surface area contributed by atoms with Crippen LogP contribution >= 0.6 is 0 Å². The number of rotatable bonds is 5. The summed E-state index contributed by atoms with van der Waals surface area (Å²) in [6, 6.07) is 0. The molecule has 20 heavy (non-hydrogen) atoms. The molecule has 0 spiro atoms. The van der Waals surface area contributed by atoms with Gasteiger partial charge in [-0.15, -0.1) is 10.2 Å². The molecule has 0 saturated carbocycles. The minimum absolute atomic E-state index is 0.247. The quantitative estimate of drug-likeness (QED) is 0.853. The van der Waals surface area contributed by atoms with Gasteiger partial charge in [-0.3, -0.25) is 0 Å². The Balaban J connectivity index is 2.07. The number of nitrogen functional groups attached to an aromatic ring is 1. The first-order valence-electron chi connectivity index (χ1n) is 6.69. The molecule has 7 heteroatoms. The normalized spacial score (nSPS) is 11.1. The van der Waals surface area contributed by atoms with Gasteiger partial charge in [0.2, 0.25) is 0 Å². The van der Waals surface area contributed by atoms with Crippen LogP contribution in [0.4, 0.5) is 11.6 Å². The number of nitrogens with one attached hydrogen (secondary N) is 1. The Bertz CT molecular complexity index is 588. The molecule has 7 nitrogen and oxygen atoms in total. The van der Waals surface area contributed by atoms with E-state index in [0.717, 1.165) is 36.0 Å². The SMILES string of the molecule is Cc1c(N)nc(C(C)C)nc1NCCc1nncn1C. The van der Waals surface area contributed by atoms with Crippen molar-refractivity contribution in [2.75, 3.05) is 17.6 Å². The third kappa shape index (κ3) is 3.04. The number of aromatic nitrogens is 5. The molecular formula is C13H21N7. The van der Waals surface area contributed by atoms with Gasteiger partial charge >= 0.3 is 0 Å². The van der Waals surface area contributed by atoms with Gasteiger partial charge < -0.3 is 15.6 Å². The van der Waals surface area contributed by atoms with E-state index < -0.39 is 0 Å². The molecule has 0 aliphatic carbocycles. The Hall–Kier alpha value is -2.18. The number of nitrogens with two attached hydrogens (primary N) is 1. The van der Waals surface area contributed by atoms with Gasteiger partial charge in [-0.05, 0) is 6.92 Å². The smallest absolute Gasteiger partial charge is 0.135 e. The van der Waals surface area contributed by atoms with Crippen molar-refractivity contribution in [3.05, 3.63) is 23.5 Å². The highest BCUT2D eigenvalue weighted by Crippen LogP contribution is 2.20. The number of hydrogen-bond donors (Lipinski definition) is 2. The molecule has 0 aromatic carbocycles. The average molecular weight is 275 g/mol. The van der Waals surface area contributed by atoms with Crippen molar-refractivity contribution in [3.8, 4) is 0 Å². The summed E-state index contributed by atoms with van der Waals surface area (Å²) in [5.41, 5.74) is 6.81. The third-order valence-corrected chi connectivity index (χ3v) is 3.16. The molecule has 0 unspecified atom stereocenters. The van der Waals surface area contributed by atoms with Crippen molar-refractivity contribution < 1.29 is 0 Å². The van der Waals surface area contributed by atoms with Gasteiger partial charge in [0.05, 0.1) is 0 Å². The monoisotopic (exact) mass is 275 g/mol. The van der Waals surface area contributed by atoms with E-state index in [9.17, 15) is 0 Å². The standard InChI is InChI=1S/C13H21N7/c1-8(2)12-17-11(14)9(3)13(18-12)15-6-5-10-19-16-7-20(10)4/h7-8H,5-6H2,1-4H3,(H3,14,15,17,18). The Labute approximate surface area is 118 Å². The van der Waals surface area contributed by atoms with E-state index in [-0.39, 0.29) is 5.92 Å². The summed E-state index contributed by atoms with van der Waals surface area (Å²) in [6.07, 6.45) is 2.47. The van der Waals surface area contributed by atoms with Gasteiger partial charge in [0.25, 0.3) is 0 Å². The highest BCUT2D eigenvalue weighted by atomic mass is 15.2. The predicted octanol–water partition coefficient (Wildman–Crippen LogP) is 1.27. The Morgan fingerprint density at radius 2 is 2.10 bits per heavy atom. The minimum atomic E-state index is 0.247. The summed E-state index contributed by atoms with van der Waals surface area (Å²) >= 11 is 0. The summed E-state index contributed by atoms with van der Waals surface area (Å²) in [4.78, 5) is 8.83. The molecule has 0 radical (unpaired) electrons. The van der Waals surface area contributed by atoms with E-state index >= 15 is 0 Å². The molecule has 0 aliphatic rings. The lowest BCUT2D eigenvalue weighted by Crippen LogP contribution is -2.13. The summed E-state index contributed by atoms with van der Waals surface area (Å²) in [5, 5.41) is 11.2. The molecule has 0 saturated heterocycles. The maximum Gasteiger partial charge on any atom is 0.135 e. The van der Waals surface area contributed by atoms with Gasteiger partial charge in [0, 0.05) is 31.5 Å². The molecule has 2 heterocycles. The van der Waals surface area contributed by atoms with Crippen molar-refractivity contribution in [1.29, 1.82) is 0 Å². The van der Waals surface area contributed by atoms with Crippen LogP contribution in [0.2, 0.25) is 0 Å². The van der Waals surface area contributed by atoms with Crippen LogP contribution in [0.5, 0.6) is 0 Å². The van der Waals surface area contributed by atoms with Crippen LogP contribution in [0.15, 0.2) is 6.33 Å². The fraction of sp³-hybridized carbons (Fsp3) is 0.538. The largest absolute Gasteiger partial charge is 0.383 e. The molecule has 2 rings (SSSR count). The summed E-state index contributed by atoms with van der Waals surface area (Å²) in [5.74, 6) is 3.26. The second kappa shape index (κ2) is 5.85. The van der Waals surface area contributed by atoms with Crippen LogP contribution in [0.1, 0.15) is 37.0 Å². The number of anilines is 2. The molecular weight excluding hydrogens is 254 g/mol. The molecule has 0 bridgehead atoms. The molecule has 2 aromatic rings. The van der Waals surface area contributed by atoms with E-state index in [2.05, 4.69) is 25.5 Å². The lowest BCUT2D eigenvalue weighted by molar-refractivity contribution is 0.767. The first kappa shape index (κ1) is 14.2. The molecule has 0 atom stereocenters. The van der Waals surface area contributed by atoms with Crippen LogP contribution < -0.4 is 11.1 Å². The summed E-state index contributed by atoms with van der Waals surface area (Å²) in [6.45, 7) is 6.74. The molecule has 0 fully saturated rings. The van der Waals surface area contributed by atoms with Crippen molar-refractivity contribution >= 4 is 11.6 Å². The predicted molar refractivity (Wildman–Crippen MR) is 78.5 cm³/mol. The fourth-order valence-corrected chi connectivity index (χ4v) is 1.81. The highest BCUT2D eigenvalue weighted by Gasteiger charge is 2.11. The second-order valence-electron chi connectivity index (χ2n) is 5.13. The van der Waals surface area contributed by atoms with E-state index in [1.54, 1.807) is 6.33 Å². The number of nitrogens with zero attached hydrogens (tertiary/aromatic N) is 5. The first-order chi connectivity index (χ1) is 9.49. The number of hydrogen-bond acceptors (Lipinski definition) is 6. The maximum atomic E-state index is 5.93. The molecule has 0 aliphatic heterocycles. The lowest BCUT2D eigenvalue weighted by Gasteiger charge is -2.13. The van der Waals surface area contributed by atoms with Crippen molar-refractivity contribution in [2.24, 2.45) is 7.05 Å². The zero-order chi connectivity index (χ0) is 14.7. The van der Waals surface area contributed by atoms with Gasteiger partial charge in [0.15, 0.2) is 0 Å². The first-order valence-corrected chi connectivity index (χ1v) is 6.69. The topological polar surface area (TPSA) is 94.5 Å². The van der Waals surface area contributed by atoms with Crippen LogP contribution in [0.3, 0.4) is 0 Å². The van der Waals surface area contributed by atoms with Crippen LogP contribution in [-0.2, 0) is 13.5 Å². The Kier molecular flexibility index (Phi) is 4.16. The molecule has 2 aromatic heterocycles.